The van der Waals surface area contributed by atoms with E-state index in [0.29, 0.717) is 26.0 Å². The molecule has 1 amide bonds. The Balaban J connectivity index is 0.00000324. The molecule has 1 aromatic rings. The van der Waals surface area contributed by atoms with Gasteiger partial charge in [0.2, 0.25) is 5.91 Å². The summed E-state index contributed by atoms with van der Waals surface area (Å²) in [7, 11) is 1.66. The number of hydrogen-bond donors (Lipinski definition) is 2. The fourth-order valence-electron chi connectivity index (χ4n) is 1.67. The molecule has 3 N–H and O–H groups in total. The Bertz CT molecular complexity index is 383. The molecule has 1 rings (SSSR count). The summed E-state index contributed by atoms with van der Waals surface area (Å²) in [5, 5.41) is 2.90. The third kappa shape index (κ3) is 7.15. The molecular weight excluding hydrogens is 264 g/mol. The Kier molecular flexibility index (Phi) is 9.21. The van der Waals surface area contributed by atoms with Gasteiger partial charge in [0.1, 0.15) is 0 Å². The SMILES string of the molecule is COCc1ccccc1CNC(=O)CCC(C)N.Cl. The maximum absolute atomic E-state index is 11.6. The summed E-state index contributed by atoms with van der Waals surface area (Å²) in [5.41, 5.74) is 7.81. The number of benzene rings is 1. The molecule has 19 heavy (non-hydrogen) atoms. The van der Waals surface area contributed by atoms with Crippen LogP contribution in [-0.2, 0) is 22.7 Å². The number of hydrogen-bond acceptors (Lipinski definition) is 3. The van der Waals surface area contributed by atoms with Crippen LogP contribution in [0.1, 0.15) is 30.9 Å². The number of nitrogens with one attached hydrogen (secondary N) is 1. The van der Waals surface area contributed by atoms with Crippen molar-refractivity contribution in [2.24, 2.45) is 5.73 Å². The Morgan fingerprint density at radius 3 is 2.58 bits per heavy atom. The topological polar surface area (TPSA) is 64.3 Å². The maximum Gasteiger partial charge on any atom is 0.220 e. The summed E-state index contributed by atoms with van der Waals surface area (Å²) in [4.78, 5) is 11.6. The maximum atomic E-state index is 11.6. The number of ether oxygens (including phenoxy) is 1. The third-order valence-electron chi connectivity index (χ3n) is 2.72. The van der Waals surface area contributed by atoms with Gasteiger partial charge < -0.3 is 15.8 Å². The summed E-state index contributed by atoms with van der Waals surface area (Å²) in [6.07, 6.45) is 1.19. The van der Waals surface area contributed by atoms with Gasteiger partial charge in [-0.2, -0.15) is 0 Å². The summed E-state index contributed by atoms with van der Waals surface area (Å²) < 4.78 is 5.13. The fourth-order valence-corrected chi connectivity index (χ4v) is 1.67. The molecule has 0 fully saturated rings. The zero-order valence-corrected chi connectivity index (χ0v) is 12.3. The van der Waals surface area contributed by atoms with Gasteiger partial charge in [-0.15, -0.1) is 12.4 Å². The van der Waals surface area contributed by atoms with E-state index in [1.807, 2.05) is 31.2 Å². The number of carbonyl (C=O) groups excluding carboxylic acids is 1. The number of halogens is 1. The molecule has 108 valence electrons. The van der Waals surface area contributed by atoms with Crippen molar-refractivity contribution in [2.75, 3.05) is 7.11 Å². The molecule has 1 atom stereocenters. The lowest BCUT2D eigenvalue weighted by molar-refractivity contribution is -0.121. The summed E-state index contributed by atoms with van der Waals surface area (Å²) in [6.45, 7) is 3.00. The second kappa shape index (κ2) is 9.78. The van der Waals surface area contributed by atoms with E-state index in [9.17, 15) is 4.79 Å². The molecule has 1 unspecified atom stereocenters. The standard InChI is InChI=1S/C14H22N2O2.ClH/c1-11(15)7-8-14(17)16-9-12-5-3-4-6-13(12)10-18-2;/h3-6,11H,7-10,15H2,1-2H3,(H,16,17);1H. The number of rotatable bonds is 7. The molecule has 4 nitrogen and oxygen atoms in total. The van der Waals surface area contributed by atoms with Crippen molar-refractivity contribution in [1.82, 2.24) is 5.32 Å². The Morgan fingerprint density at radius 1 is 1.37 bits per heavy atom. The van der Waals surface area contributed by atoms with Crippen molar-refractivity contribution < 1.29 is 9.53 Å². The summed E-state index contributed by atoms with van der Waals surface area (Å²) >= 11 is 0. The molecule has 0 spiro atoms. The highest BCUT2D eigenvalue weighted by atomic mass is 35.5. The molecule has 0 bridgehead atoms. The van der Waals surface area contributed by atoms with Crippen molar-refractivity contribution in [1.29, 1.82) is 0 Å². The van der Waals surface area contributed by atoms with Crippen LogP contribution in [0.25, 0.3) is 0 Å². The molecule has 0 saturated heterocycles. The third-order valence-corrected chi connectivity index (χ3v) is 2.72. The predicted molar refractivity (Wildman–Crippen MR) is 79.1 cm³/mol. The lowest BCUT2D eigenvalue weighted by Gasteiger charge is -2.10. The minimum atomic E-state index is 0. The van der Waals surface area contributed by atoms with Gasteiger partial charge in [0.15, 0.2) is 0 Å². The van der Waals surface area contributed by atoms with Crippen LogP contribution in [0, 0.1) is 0 Å². The van der Waals surface area contributed by atoms with E-state index >= 15 is 0 Å². The molecule has 0 heterocycles. The van der Waals surface area contributed by atoms with Gasteiger partial charge in [-0.05, 0) is 24.5 Å². The summed E-state index contributed by atoms with van der Waals surface area (Å²) in [6, 6.07) is 8.00. The molecule has 0 radical (unpaired) electrons. The van der Waals surface area contributed by atoms with Gasteiger partial charge in [0, 0.05) is 26.1 Å². The highest BCUT2D eigenvalue weighted by Crippen LogP contribution is 2.09. The monoisotopic (exact) mass is 286 g/mol. The van der Waals surface area contributed by atoms with E-state index in [1.54, 1.807) is 7.11 Å². The predicted octanol–water partition coefficient (Wildman–Crippen LogP) is 2.00. The lowest BCUT2D eigenvalue weighted by Crippen LogP contribution is -2.25. The van der Waals surface area contributed by atoms with Crippen LogP contribution in [-0.4, -0.2) is 19.1 Å². The first-order valence-corrected chi connectivity index (χ1v) is 6.21. The normalized spacial score (nSPS) is 11.5. The first-order chi connectivity index (χ1) is 8.63. The molecule has 0 aliphatic heterocycles. The van der Waals surface area contributed by atoms with E-state index < -0.39 is 0 Å². The second-order valence-electron chi connectivity index (χ2n) is 4.49. The van der Waals surface area contributed by atoms with Gasteiger partial charge >= 0.3 is 0 Å². The van der Waals surface area contributed by atoms with Gasteiger partial charge in [-0.1, -0.05) is 24.3 Å². The molecule has 5 heteroatoms. The Hall–Kier alpha value is -1.10. The summed E-state index contributed by atoms with van der Waals surface area (Å²) in [5.74, 6) is 0.0412. The van der Waals surface area contributed by atoms with Crippen LogP contribution >= 0.6 is 12.4 Å². The molecule has 0 aromatic heterocycles. The Morgan fingerprint density at radius 2 is 2.00 bits per heavy atom. The quantitative estimate of drug-likeness (QED) is 0.806. The van der Waals surface area contributed by atoms with Crippen LogP contribution in [0.3, 0.4) is 0 Å². The number of amides is 1. The molecule has 0 aliphatic rings. The van der Waals surface area contributed by atoms with Gasteiger partial charge in [0.05, 0.1) is 6.61 Å². The van der Waals surface area contributed by atoms with Crippen LogP contribution in [0.15, 0.2) is 24.3 Å². The van der Waals surface area contributed by atoms with Crippen LogP contribution in [0.2, 0.25) is 0 Å². The molecule has 1 aromatic carbocycles. The highest BCUT2D eigenvalue weighted by Gasteiger charge is 2.05. The van der Waals surface area contributed by atoms with Crippen LogP contribution in [0.5, 0.6) is 0 Å². The average molecular weight is 287 g/mol. The van der Waals surface area contributed by atoms with E-state index in [0.717, 1.165) is 11.1 Å². The number of methoxy groups -OCH3 is 1. The van der Waals surface area contributed by atoms with E-state index in [1.165, 1.54) is 0 Å². The largest absolute Gasteiger partial charge is 0.380 e. The lowest BCUT2D eigenvalue weighted by atomic mass is 10.1. The molecule has 0 saturated carbocycles. The Labute approximate surface area is 121 Å². The van der Waals surface area contributed by atoms with Crippen LogP contribution in [0.4, 0.5) is 0 Å². The van der Waals surface area contributed by atoms with Gasteiger partial charge in [0.25, 0.3) is 0 Å². The first-order valence-electron chi connectivity index (χ1n) is 6.21. The smallest absolute Gasteiger partial charge is 0.220 e. The van der Waals surface area contributed by atoms with Crippen molar-refractivity contribution in [2.45, 2.75) is 39.0 Å². The van der Waals surface area contributed by atoms with Crippen molar-refractivity contribution in [3.05, 3.63) is 35.4 Å². The highest BCUT2D eigenvalue weighted by molar-refractivity contribution is 5.85. The minimum absolute atomic E-state index is 0. The minimum Gasteiger partial charge on any atom is -0.380 e. The molecule has 0 aliphatic carbocycles. The zero-order valence-electron chi connectivity index (χ0n) is 11.5. The fraction of sp³-hybridized carbons (Fsp3) is 0.500. The molecular formula is C14H23ClN2O2. The van der Waals surface area contributed by atoms with Gasteiger partial charge in [-0.3, -0.25) is 4.79 Å². The zero-order chi connectivity index (χ0) is 13.4. The van der Waals surface area contributed by atoms with Crippen molar-refractivity contribution in [3.63, 3.8) is 0 Å². The first kappa shape index (κ1) is 17.9. The number of carbonyl (C=O) groups is 1. The average Bonchev–Trinajstić information content (AvgIpc) is 2.35. The van der Waals surface area contributed by atoms with Crippen LogP contribution < -0.4 is 11.1 Å². The number of nitrogens with two attached hydrogens (primary N) is 1. The van der Waals surface area contributed by atoms with E-state index in [2.05, 4.69) is 5.32 Å². The van der Waals surface area contributed by atoms with E-state index in [4.69, 9.17) is 10.5 Å². The van der Waals surface area contributed by atoms with Gasteiger partial charge in [-0.25, -0.2) is 0 Å². The van der Waals surface area contributed by atoms with E-state index in [-0.39, 0.29) is 24.4 Å². The second-order valence-corrected chi connectivity index (χ2v) is 4.49. The van der Waals surface area contributed by atoms with Crippen molar-refractivity contribution >= 4 is 18.3 Å². The van der Waals surface area contributed by atoms with Crippen molar-refractivity contribution in [3.8, 4) is 0 Å².